The Morgan fingerprint density at radius 2 is 1.83 bits per heavy atom. The van der Waals surface area contributed by atoms with Crippen LogP contribution in [-0.4, -0.2) is 75.8 Å². The fourth-order valence-electron chi connectivity index (χ4n) is 3.85. The molecule has 4 amide bonds. The van der Waals surface area contributed by atoms with Crippen molar-refractivity contribution in [3.63, 3.8) is 0 Å². The second kappa shape index (κ2) is 15.6. The van der Waals surface area contributed by atoms with Crippen LogP contribution in [0, 0.1) is 5.41 Å². The molecule has 0 aromatic carbocycles. The van der Waals surface area contributed by atoms with Crippen molar-refractivity contribution >= 4 is 47.0 Å². The number of carbonyl (C=O) groups is 5. The molecule has 0 aliphatic carbocycles. The number of carbonyl (C=O) groups excluding carboxylic acids is 5. The van der Waals surface area contributed by atoms with E-state index in [2.05, 4.69) is 10.6 Å². The van der Waals surface area contributed by atoms with E-state index in [1.807, 2.05) is 6.92 Å². The molecule has 1 heterocycles. The molecule has 7 N–H and O–H groups in total. The van der Waals surface area contributed by atoms with Gasteiger partial charge in [0.25, 0.3) is 0 Å². The molecule has 1 saturated heterocycles. The second-order valence-corrected chi connectivity index (χ2v) is 10.9. The second-order valence-electron chi connectivity index (χ2n) is 9.57. The molecule has 1 aliphatic heterocycles. The number of nitrogens with one attached hydrogen (secondary N) is 3. The number of nitrogens with zero attached hydrogens (tertiary/aromatic N) is 1. The van der Waals surface area contributed by atoms with Gasteiger partial charge in [0.1, 0.15) is 0 Å². The summed E-state index contributed by atoms with van der Waals surface area (Å²) in [5.74, 6) is -0.569. The first kappa shape index (κ1) is 31.6. The number of thioether (sulfide) groups is 1. The smallest absolute Gasteiger partial charge is 0.242 e. The number of ketones is 1. The molecular formula is C24H42N6O5S. The Bertz CT molecular complexity index is 819. The number of likely N-dealkylation sites (tertiary alicyclic amines) is 1. The van der Waals surface area contributed by atoms with E-state index in [1.54, 1.807) is 13.8 Å². The highest BCUT2D eigenvalue weighted by Crippen LogP contribution is 2.26. The van der Waals surface area contributed by atoms with Crippen LogP contribution in [-0.2, 0) is 24.0 Å². The van der Waals surface area contributed by atoms with Crippen molar-refractivity contribution in [1.82, 2.24) is 15.5 Å². The summed E-state index contributed by atoms with van der Waals surface area (Å²) in [7, 11) is 0. The maximum atomic E-state index is 12.5. The van der Waals surface area contributed by atoms with Gasteiger partial charge in [-0.25, -0.2) is 0 Å². The maximum Gasteiger partial charge on any atom is 0.242 e. The number of amides is 4. The zero-order valence-corrected chi connectivity index (χ0v) is 22.5. The molecule has 2 atom stereocenters. The van der Waals surface area contributed by atoms with Crippen LogP contribution in [0.4, 0.5) is 0 Å². The number of unbranched alkanes of at least 4 members (excludes halogenated alkanes) is 1. The predicted octanol–water partition coefficient (Wildman–Crippen LogP) is 0.831. The van der Waals surface area contributed by atoms with Crippen LogP contribution in [0.25, 0.3) is 0 Å². The third kappa shape index (κ3) is 11.1. The number of primary amides is 1. The number of amidine groups is 1. The van der Waals surface area contributed by atoms with E-state index in [4.69, 9.17) is 16.9 Å². The zero-order chi connectivity index (χ0) is 27.3. The van der Waals surface area contributed by atoms with E-state index in [-0.39, 0.29) is 48.7 Å². The van der Waals surface area contributed by atoms with Gasteiger partial charge < -0.3 is 16.8 Å². The molecule has 0 aromatic rings. The van der Waals surface area contributed by atoms with Crippen molar-refractivity contribution in [1.29, 1.82) is 5.41 Å². The topological polar surface area (TPSA) is 189 Å². The molecule has 1 fully saturated rings. The SMILES string of the molecule is CCCC(=O)C(C)(C)NC(CCCCNC(=O)CCN1C(=O)CC(SCCCC(=N)N)C1=O)C(N)=O. The summed E-state index contributed by atoms with van der Waals surface area (Å²) < 4.78 is 0. The lowest BCUT2D eigenvalue weighted by Gasteiger charge is -2.29. The van der Waals surface area contributed by atoms with E-state index >= 15 is 0 Å². The Balaban J connectivity index is 2.32. The van der Waals surface area contributed by atoms with Gasteiger partial charge in [-0.3, -0.25) is 39.6 Å². The van der Waals surface area contributed by atoms with Crippen LogP contribution in [0.2, 0.25) is 0 Å². The molecule has 1 aliphatic rings. The molecule has 0 aromatic heterocycles. The van der Waals surface area contributed by atoms with Crippen LogP contribution in [0.3, 0.4) is 0 Å². The van der Waals surface area contributed by atoms with Gasteiger partial charge in [0, 0.05) is 38.8 Å². The Kier molecular flexibility index (Phi) is 13.7. The minimum absolute atomic E-state index is 0.0244. The van der Waals surface area contributed by atoms with E-state index < -0.39 is 22.7 Å². The highest BCUT2D eigenvalue weighted by atomic mass is 32.2. The zero-order valence-electron chi connectivity index (χ0n) is 21.7. The Morgan fingerprint density at radius 3 is 2.44 bits per heavy atom. The highest BCUT2D eigenvalue weighted by Gasteiger charge is 2.38. The lowest BCUT2D eigenvalue weighted by molar-refractivity contribution is -0.138. The number of imide groups is 1. The number of rotatable bonds is 19. The molecule has 2 unspecified atom stereocenters. The van der Waals surface area contributed by atoms with Gasteiger partial charge in [-0.2, -0.15) is 0 Å². The lowest BCUT2D eigenvalue weighted by Crippen LogP contribution is -2.55. The molecule has 0 bridgehead atoms. The van der Waals surface area contributed by atoms with Crippen molar-refractivity contribution in [2.45, 2.75) is 95.4 Å². The van der Waals surface area contributed by atoms with Gasteiger partial charge in [0.2, 0.25) is 23.6 Å². The molecule has 0 radical (unpaired) electrons. The summed E-state index contributed by atoms with van der Waals surface area (Å²) in [5.41, 5.74) is 9.97. The fourth-order valence-corrected chi connectivity index (χ4v) is 4.98. The molecule has 11 nitrogen and oxygen atoms in total. The van der Waals surface area contributed by atoms with E-state index in [1.165, 1.54) is 11.8 Å². The number of hydrogen-bond donors (Lipinski definition) is 5. The first-order valence-corrected chi connectivity index (χ1v) is 13.6. The Hall–Kier alpha value is -2.47. The highest BCUT2D eigenvalue weighted by molar-refractivity contribution is 8.00. The largest absolute Gasteiger partial charge is 0.388 e. The summed E-state index contributed by atoms with van der Waals surface area (Å²) in [6, 6.07) is -0.642. The lowest BCUT2D eigenvalue weighted by atomic mass is 9.93. The van der Waals surface area contributed by atoms with Gasteiger partial charge in [-0.15, -0.1) is 11.8 Å². The van der Waals surface area contributed by atoms with Gasteiger partial charge in [-0.05, 0) is 51.7 Å². The molecule has 1 rings (SSSR count). The number of hydrogen-bond acceptors (Lipinski definition) is 8. The third-order valence-electron chi connectivity index (χ3n) is 5.97. The third-order valence-corrected chi connectivity index (χ3v) is 7.26. The molecule has 12 heteroatoms. The maximum absolute atomic E-state index is 12.5. The van der Waals surface area contributed by atoms with Gasteiger partial charge in [0.05, 0.1) is 22.7 Å². The van der Waals surface area contributed by atoms with Crippen LogP contribution < -0.4 is 22.1 Å². The van der Waals surface area contributed by atoms with Crippen LogP contribution in [0.1, 0.15) is 78.6 Å². The standard InChI is InChI=1S/C24H42N6O5S/c1-4-8-18(31)24(2,3)29-16(22(27)34)9-5-6-12-28-20(32)11-13-30-21(33)15-17(23(30)35)36-14-7-10-19(25)26/h16-17,29H,4-15H2,1-3H3,(H3,25,26)(H2,27,34)(H,28,32). The van der Waals surface area contributed by atoms with Gasteiger partial charge in [-0.1, -0.05) is 6.92 Å². The first-order chi connectivity index (χ1) is 16.9. The Morgan fingerprint density at radius 1 is 1.14 bits per heavy atom. The summed E-state index contributed by atoms with van der Waals surface area (Å²) >= 11 is 1.38. The average molecular weight is 527 g/mol. The number of nitrogens with two attached hydrogens (primary N) is 2. The average Bonchev–Trinajstić information content (AvgIpc) is 3.06. The Labute approximate surface area is 217 Å². The summed E-state index contributed by atoms with van der Waals surface area (Å²) in [6.07, 6.45) is 4.11. The van der Waals surface area contributed by atoms with Crippen molar-refractivity contribution in [3.05, 3.63) is 0 Å². The molecule has 0 spiro atoms. The van der Waals surface area contributed by atoms with Gasteiger partial charge >= 0.3 is 0 Å². The van der Waals surface area contributed by atoms with Crippen molar-refractivity contribution in [2.24, 2.45) is 11.5 Å². The minimum Gasteiger partial charge on any atom is -0.388 e. The monoisotopic (exact) mass is 526 g/mol. The fraction of sp³-hybridized carbons (Fsp3) is 0.750. The molecule has 0 saturated carbocycles. The van der Waals surface area contributed by atoms with Gasteiger partial charge in [0.15, 0.2) is 5.78 Å². The minimum atomic E-state index is -0.847. The quantitative estimate of drug-likeness (QED) is 0.0708. The van der Waals surface area contributed by atoms with Crippen molar-refractivity contribution in [2.75, 3.05) is 18.8 Å². The van der Waals surface area contributed by atoms with Crippen molar-refractivity contribution < 1.29 is 24.0 Å². The predicted molar refractivity (Wildman–Crippen MR) is 140 cm³/mol. The summed E-state index contributed by atoms with van der Waals surface area (Å²) in [6.45, 7) is 5.84. The molecule has 36 heavy (non-hydrogen) atoms. The number of Topliss-reactive ketones (excluding diaryl/α,β-unsaturated/α-hetero) is 1. The van der Waals surface area contributed by atoms with Crippen LogP contribution in [0.5, 0.6) is 0 Å². The normalized spacial score (nSPS) is 16.8. The van der Waals surface area contributed by atoms with E-state index in [0.29, 0.717) is 50.8 Å². The van der Waals surface area contributed by atoms with E-state index in [9.17, 15) is 24.0 Å². The summed E-state index contributed by atoms with van der Waals surface area (Å²) in [4.78, 5) is 62.1. The van der Waals surface area contributed by atoms with Crippen LogP contribution in [0.15, 0.2) is 0 Å². The van der Waals surface area contributed by atoms with E-state index in [0.717, 1.165) is 11.3 Å². The van der Waals surface area contributed by atoms with Crippen molar-refractivity contribution in [3.8, 4) is 0 Å². The summed E-state index contributed by atoms with van der Waals surface area (Å²) in [5, 5.41) is 12.6. The molecular weight excluding hydrogens is 484 g/mol. The first-order valence-electron chi connectivity index (χ1n) is 12.5. The van der Waals surface area contributed by atoms with Crippen LogP contribution >= 0.6 is 11.8 Å². The molecule has 204 valence electrons.